The largest absolute Gasteiger partial charge is 0.366 e. The molecule has 4 N–H and O–H groups in total. The zero-order valence-electron chi connectivity index (χ0n) is 16.4. The molecule has 0 aliphatic heterocycles. The molecule has 0 atom stereocenters. The lowest BCUT2D eigenvalue weighted by atomic mass is 9.91. The van der Waals surface area contributed by atoms with Crippen LogP contribution >= 0.6 is 0 Å². The monoisotopic (exact) mass is 390 g/mol. The fraction of sp³-hybridized carbons (Fsp3) is 0.136. The smallest absolute Gasteiger partial charge is 0.319 e. The quantitative estimate of drug-likeness (QED) is 0.638. The molecule has 0 bridgehead atoms. The molecule has 0 fully saturated rings. The number of nitrogens with zero attached hydrogens (tertiary/aromatic N) is 1. The number of benzene rings is 2. The van der Waals surface area contributed by atoms with Crippen molar-refractivity contribution in [2.45, 2.75) is 6.92 Å². The summed E-state index contributed by atoms with van der Waals surface area (Å²) in [7, 11) is 3.11. The Hall–Kier alpha value is -3.87. The zero-order valence-corrected chi connectivity index (χ0v) is 16.4. The van der Waals surface area contributed by atoms with E-state index in [1.54, 1.807) is 31.4 Å². The van der Waals surface area contributed by atoms with E-state index in [9.17, 15) is 14.4 Å². The number of urea groups is 1. The molecule has 0 saturated carbocycles. The number of aryl methyl sites for hydroxylation is 1. The molecule has 7 nitrogen and oxygen atoms in total. The van der Waals surface area contributed by atoms with Crippen LogP contribution in [0.15, 0.2) is 59.5 Å². The number of hydrogen-bond acceptors (Lipinski definition) is 3. The summed E-state index contributed by atoms with van der Waals surface area (Å²) in [5.74, 6) is -0.496. The molecule has 0 aliphatic rings. The molecule has 3 aromatic rings. The molecule has 1 aromatic heterocycles. The summed E-state index contributed by atoms with van der Waals surface area (Å²) in [6.07, 6.45) is 1.71. The van der Waals surface area contributed by atoms with Crippen LogP contribution in [0.2, 0.25) is 0 Å². The van der Waals surface area contributed by atoms with Gasteiger partial charge < -0.3 is 20.9 Å². The first-order valence-electron chi connectivity index (χ1n) is 9.02. The molecular weight excluding hydrogens is 368 g/mol. The standard InChI is InChI=1S/C22H22N4O3/c1-13-15(14-11-19(25-22(29)24-2)21(28)26(3)12-14)9-6-10-16(13)17-7-4-5-8-18(17)20(23)27/h4-12H,1-3H3,(H2,23,27)(H2,24,25,29). The fourth-order valence-corrected chi connectivity index (χ4v) is 3.31. The number of rotatable bonds is 4. The topological polar surface area (TPSA) is 106 Å². The Balaban J connectivity index is 2.18. The maximum atomic E-state index is 12.4. The van der Waals surface area contributed by atoms with E-state index in [0.29, 0.717) is 5.56 Å². The molecule has 0 aliphatic carbocycles. The zero-order chi connectivity index (χ0) is 21.1. The number of pyridine rings is 1. The minimum absolute atomic E-state index is 0.173. The number of primary amides is 1. The van der Waals surface area contributed by atoms with Gasteiger partial charge in [-0.3, -0.25) is 9.59 Å². The second-order valence-corrected chi connectivity index (χ2v) is 6.65. The van der Waals surface area contributed by atoms with Crippen molar-refractivity contribution in [3.63, 3.8) is 0 Å². The Kier molecular flexibility index (Phi) is 5.50. The molecule has 29 heavy (non-hydrogen) atoms. The number of nitrogens with one attached hydrogen (secondary N) is 2. The molecule has 2 aromatic carbocycles. The number of nitrogens with two attached hydrogens (primary N) is 1. The number of carbonyl (C=O) groups is 2. The van der Waals surface area contributed by atoms with Crippen LogP contribution in [0.3, 0.4) is 0 Å². The van der Waals surface area contributed by atoms with Crippen molar-refractivity contribution in [1.29, 1.82) is 0 Å². The van der Waals surface area contributed by atoms with Crippen LogP contribution in [-0.2, 0) is 7.05 Å². The summed E-state index contributed by atoms with van der Waals surface area (Å²) in [5.41, 5.74) is 10.0. The average molecular weight is 390 g/mol. The van der Waals surface area contributed by atoms with Gasteiger partial charge in [0.2, 0.25) is 5.91 Å². The first-order valence-corrected chi connectivity index (χ1v) is 9.02. The van der Waals surface area contributed by atoms with Gasteiger partial charge in [0, 0.05) is 31.4 Å². The van der Waals surface area contributed by atoms with Crippen LogP contribution in [-0.4, -0.2) is 23.6 Å². The van der Waals surface area contributed by atoms with E-state index in [-0.39, 0.29) is 11.2 Å². The second-order valence-electron chi connectivity index (χ2n) is 6.65. The third-order valence-corrected chi connectivity index (χ3v) is 4.79. The highest BCUT2D eigenvalue weighted by atomic mass is 16.2. The van der Waals surface area contributed by atoms with Crippen molar-refractivity contribution in [2.75, 3.05) is 12.4 Å². The minimum Gasteiger partial charge on any atom is -0.366 e. The van der Waals surface area contributed by atoms with Crippen LogP contribution in [0, 0.1) is 6.92 Å². The van der Waals surface area contributed by atoms with E-state index in [0.717, 1.165) is 27.8 Å². The summed E-state index contributed by atoms with van der Waals surface area (Å²) >= 11 is 0. The molecule has 0 spiro atoms. The van der Waals surface area contributed by atoms with E-state index in [2.05, 4.69) is 10.6 Å². The van der Waals surface area contributed by atoms with E-state index in [1.165, 1.54) is 11.6 Å². The molecule has 1 heterocycles. The van der Waals surface area contributed by atoms with Gasteiger partial charge in [-0.2, -0.15) is 0 Å². The van der Waals surface area contributed by atoms with Gasteiger partial charge in [-0.15, -0.1) is 0 Å². The van der Waals surface area contributed by atoms with Gasteiger partial charge in [0.1, 0.15) is 5.69 Å². The molecule has 7 heteroatoms. The number of aromatic nitrogens is 1. The molecular formula is C22H22N4O3. The van der Waals surface area contributed by atoms with Gasteiger partial charge in [-0.25, -0.2) is 4.79 Å². The number of anilines is 1. The van der Waals surface area contributed by atoms with Gasteiger partial charge in [0.15, 0.2) is 0 Å². The van der Waals surface area contributed by atoms with Crippen molar-refractivity contribution < 1.29 is 9.59 Å². The summed E-state index contributed by atoms with van der Waals surface area (Å²) in [4.78, 5) is 35.9. The molecule has 3 rings (SSSR count). The van der Waals surface area contributed by atoms with Crippen molar-refractivity contribution in [1.82, 2.24) is 9.88 Å². The molecule has 0 saturated heterocycles. The van der Waals surface area contributed by atoms with Crippen LogP contribution in [0.4, 0.5) is 10.5 Å². The third kappa shape index (κ3) is 3.89. The predicted octanol–water partition coefficient (Wildman–Crippen LogP) is 2.88. The third-order valence-electron chi connectivity index (χ3n) is 4.79. The van der Waals surface area contributed by atoms with Crippen LogP contribution in [0.1, 0.15) is 15.9 Å². The van der Waals surface area contributed by atoms with Crippen molar-refractivity contribution in [2.24, 2.45) is 12.8 Å². The van der Waals surface area contributed by atoms with Crippen LogP contribution in [0.5, 0.6) is 0 Å². The summed E-state index contributed by atoms with van der Waals surface area (Å²) < 4.78 is 1.42. The van der Waals surface area contributed by atoms with Crippen molar-refractivity contribution in [3.8, 4) is 22.3 Å². The van der Waals surface area contributed by atoms with Gasteiger partial charge in [-0.1, -0.05) is 36.4 Å². The Bertz CT molecular complexity index is 1160. The number of hydrogen-bond donors (Lipinski definition) is 3. The van der Waals surface area contributed by atoms with E-state index < -0.39 is 11.9 Å². The number of amides is 3. The molecule has 148 valence electrons. The van der Waals surface area contributed by atoms with Crippen LogP contribution in [0.25, 0.3) is 22.3 Å². The summed E-state index contributed by atoms with van der Waals surface area (Å²) in [6.45, 7) is 1.94. The van der Waals surface area contributed by atoms with E-state index in [1.807, 2.05) is 37.3 Å². The Morgan fingerprint density at radius 3 is 2.34 bits per heavy atom. The minimum atomic E-state index is -0.496. The Morgan fingerprint density at radius 2 is 1.66 bits per heavy atom. The first kappa shape index (κ1) is 19.9. The number of carbonyl (C=O) groups excluding carboxylic acids is 2. The maximum absolute atomic E-state index is 12.4. The van der Waals surface area contributed by atoms with E-state index >= 15 is 0 Å². The highest BCUT2D eigenvalue weighted by molar-refractivity contribution is 6.00. The van der Waals surface area contributed by atoms with Crippen molar-refractivity contribution in [3.05, 3.63) is 76.2 Å². The SMILES string of the molecule is CNC(=O)Nc1cc(-c2cccc(-c3ccccc3C(N)=O)c2C)cn(C)c1=O. The Labute approximate surface area is 168 Å². The highest BCUT2D eigenvalue weighted by Crippen LogP contribution is 2.33. The van der Waals surface area contributed by atoms with E-state index in [4.69, 9.17) is 5.73 Å². The fourth-order valence-electron chi connectivity index (χ4n) is 3.31. The average Bonchev–Trinajstić information content (AvgIpc) is 2.71. The normalized spacial score (nSPS) is 10.4. The highest BCUT2D eigenvalue weighted by Gasteiger charge is 2.15. The summed E-state index contributed by atoms with van der Waals surface area (Å²) in [6, 6.07) is 14.1. The van der Waals surface area contributed by atoms with Gasteiger partial charge in [0.05, 0.1) is 0 Å². The lowest BCUT2D eigenvalue weighted by Crippen LogP contribution is -2.29. The van der Waals surface area contributed by atoms with Gasteiger partial charge >= 0.3 is 6.03 Å². The lowest BCUT2D eigenvalue weighted by molar-refractivity contribution is 0.100. The Morgan fingerprint density at radius 1 is 1.00 bits per heavy atom. The van der Waals surface area contributed by atoms with Gasteiger partial charge in [0.25, 0.3) is 5.56 Å². The maximum Gasteiger partial charge on any atom is 0.319 e. The molecule has 0 radical (unpaired) electrons. The van der Waals surface area contributed by atoms with Crippen molar-refractivity contribution >= 4 is 17.6 Å². The first-order chi connectivity index (χ1) is 13.8. The molecule has 3 amide bonds. The second kappa shape index (κ2) is 8.02. The predicted molar refractivity (Wildman–Crippen MR) is 114 cm³/mol. The summed E-state index contributed by atoms with van der Waals surface area (Å²) in [5, 5.41) is 4.99. The van der Waals surface area contributed by atoms with Crippen LogP contribution < -0.4 is 21.9 Å². The van der Waals surface area contributed by atoms with Gasteiger partial charge in [-0.05, 0) is 41.3 Å². The molecule has 0 unspecified atom stereocenters. The lowest BCUT2D eigenvalue weighted by Gasteiger charge is -2.15.